The second-order valence-corrected chi connectivity index (χ2v) is 11.6. The summed E-state index contributed by atoms with van der Waals surface area (Å²) >= 11 is 5.95. The molecule has 0 radical (unpaired) electrons. The minimum Gasteiger partial charge on any atom is -0.478 e. The first-order valence-electron chi connectivity index (χ1n) is 14.2. The van der Waals surface area contributed by atoms with Crippen LogP contribution in [-0.2, 0) is 24.4 Å². The smallest absolute Gasteiger partial charge is 0.335 e. The molecule has 1 N–H and O–H groups in total. The lowest BCUT2D eigenvalue weighted by Gasteiger charge is -2.34. The molecule has 41 heavy (non-hydrogen) atoms. The second kappa shape index (κ2) is 11.8. The summed E-state index contributed by atoms with van der Waals surface area (Å²) in [6.45, 7) is 4.47. The quantitative estimate of drug-likeness (QED) is 0.251. The third kappa shape index (κ3) is 5.96. The van der Waals surface area contributed by atoms with Crippen LogP contribution in [0.5, 0.6) is 0 Å². The van der Waals surface area contributed by atoms with Crippen molar-refractivity contribution < 1.29 is 19.0 Å². The lowest BCUT2D eigenvalue weighted by molar-refractivity contribution is -0.0592. The Morgan fingerprint density at radius 1 is 1.12 bits per heavy atom. The van der Waals surface area contributed by atoms with E-state index in [1.807, 2.05) is 13.1 Å². The van der Waals surface area contributed by atoms with Crippen molar-refractivity contribution in [3.8, 4) is 0 Å². The van der Waals surface area contributed by atoms with Gasteiger partial charge in [0.1, 0.15) is 11.6 Å². The van der Waals surface area contributed by atoms with Gasteiger partial charge in [0, 0.05) is 36.5 Å². The van der Waals surface area contributed by atoms with Gasteiger partial charge in [0.15, 0.2) is 0 Å². The Bertz CT molecular complexity index is 1560. The predicted octanol–water partition coefficient (Wildman–Crippen LogP) is 6.33. The number of anilines is 1. The Hall–Kier alpha value is -3.46. The van der Waals surface area contributed by atoms with Crippen molar-refractivity contribution in [1.29, 1.82) is 0 Å². The van der Waals surface area contributed by atoms with Crippen molar-refractivity contribution in [3.05, 3.63) is 94.0 Å². The van der Waals surface area contributed by atoms with Gasteiger partial charge in [0.2, 0.25) is 0 Å². The third-order valence-corrected chi connectivity index (χ3v) is 8.65. The fraction of sp³-hybridized carbons (Fsp3) is 0.375. The summed E-state index contributed by atoms with van der Waals surface area (Å²) in [4.78, 5) is 21.1. The number of carbonyl (C=O) groups is 1. The molecule has 214 valence electrons. The molecule has 2 fully saturated rings. The highest BCUT2D eigenvalue weighted by molar-refractivity contribution is 6.30. The van der Waals surface area contributed by atoms with Crippen LogP contribution in [0.3, 0.4) is 0 Å². The van der Waals surface area contributed by atoms with Crippen molar-refractivity contribution in [2.45, 2.75) is 50.9 Å². The normalized spacial score (nSPS) is 18.0. The molecule has 0 amide bonds. The molecule has 3 heterocycles. The molecule has 0 spiro atoms. The van der Waals surface area contributed by atoms with Crippen LogP contribution >= 0.6 is 11.6 Å². The maximum Gasteiger partial charge on any atom is 0.335 e. The third-order valence-electron chi connectivity index (χ3n) is 8.42. The number of imidazole rings is 1. The van der Waals surface area contributed by atoms with Gasteiger partial charge < -0.3 is 19.3 Å². The molecule has 4 aromatic rings. The van der Waals surface area contributed by atoms with Crippen molar-refractivity contribution >= 4 is 34.3 Å². The van der Waals surface area contributed by atoms with Crippen molar-refractivity contribution in [2.24, 2.45) is 0 Å². The molecule has 7 nitrogen and oxygen atoms in total. The average molecular weight is 577 g/mol. The van der Waals surface area contributed by atoms with E-state index in [0.717, 1.165) is 61.5 Å². The van der Waals surface area contributed by atoms with E-state index in [2.05, 4.69) is 32.6 Å². The Labute approximate surface area is 244 Å². The molecule has 1 aromatic heterocycles. The number of rotatable bonds is 9. The minimum absolute atomic E-state index is 0.139. The lowest BCUT2D eigenvalue weighted by Crippen LogP contribution is -2.35. The van der Waals surface area contributed by atoms with E-state index < -0.39 is 5.97 Å². The van der Waals surface area contributed by atoms with E-state index >= 15 is 0 Å². The predicted molar refractivity (Wildman–Crippen MR) is 158 cm³/mol. The second-order valence-electron chi connectivity index (χ2n) is 11.1. The summed E-state index contributed by atoms with van der Waals surface area (Å²) in [6.07, 6.45) is 3.16. The van der Waals surface area contributed by atoms with Crippen LogP contribution in [0, 0.1) is 5.82 Å². The fourth-order valence-corrected chi connectivity index (χ4v) is 6.19. The first kappa shape index (κ1) is 27.7. The van der Waals surface area contributed by atoms with Gasteiger partial charge in [-0.3, -0.25) is 4.90 Å². The molecular weight excluding hydrogens is 543 g/mol. The zero-order valence-electron chi connectivity index (χ0n) is 23.1. The van der Waals surface area contributed by atoms with Crippen LogP contribution in [0.1, 0.15) is 52.5 Å². The molecule has 0 unspecified atom stereocenters. The number of piperidine rings is 1. The Morgan fingerprint density at radius 2 is 1.90 bits per heavy atom. The van der Waals surface area contributed by atoms with Crippen LogP contribution in [0.4, 0.5) is 10.1 Å². The molecule has 3 aromatic carbocycles. The fourth-order valence-electron chi connectivity index (χ4n) is 6.04. The number of aromatic carboxylic acids is 1. The van der Waals surface area contributed by atoms with Crippen LogP contribution in [0.25, 0.3) is 11.0 Å². The molecule has 6 rings (SSSR count). The number of fused-ring (bicyclic) bond motifs is 1. The number of nitrogens with zero attached hydrogens (tertiary/aromatic N) is 4. The van der Waals surface area contributed by atoms with Crippen molar-refractivity contribution in [2.75, 3.05) is 31.6 Å². The van der Waals surface area contributed by atoms with Gasteiger partial charge in [-0.1, -0.05) is 35.9 Å². The highest BCUT2D eigenvalue weighted by Crippen LogP contribution is 2.35. The number of hydrogen-bond acceptors (Lipinski definition) is 5. The van der Waals surface area contributed by atoms with Gasteiger partial charge in [-0.05, 0) is 80.2 Å². The summed E-state index contributed by atoms with van der Waals surface area (Å²) in [6, 6.07) is 18.4. The van der Waals surface area contributed by atoms with E-state index in [1.165, 1.54) is 11.6 Å². The first-order valence-corrected chi connectivity index (χ1v) is 14.5. The summed E-state index contributed by atoms with van der Waals surface area (Å²) < 4.78 is 22.4. The minimum atomic E-state index is -0.938. The number of para-hydroxylation sites is 1. The number of carboxylic acids is 1. The highest BCUT2D eigenvalue weighted by Gasteiger charge is 2.27. The number of hydrogen-bond donors (Lipinski definition) is 1. The van der Waals surface area contributed by atoms with Crippen molar-refractivity contribution in [1.82, 2.24) is 14.5 Å². The first-order chi connectivity index (χ1) is 19.9. The zero-order valence-corrected chi connectivity index (χ0v) is 23.9. The summed E-state index contributed by atoms with van der Waals surface area (Å²) in [5.74, 6) is 0.124. The highest BCUT2D eigenvalue weighted by atomic mass is 35.5. The number of aromatic nitrogens is 2. The molecule has 0 bridgehead atoms. The molecule has 2 saturated heterocycles. The van der Waals surface area contributed by atoms with E-state index in [1.54, 1.807) is 30.3 Å². The molecule has 2 aliphatic heterocycles. The monoisotopic (exact) mass is 576 g/mol. The van der Waals surface area contributed by atoms with Crippen LogP contribution < -0.4 is 4.90 Å². The summed E-state index contributed by atoms with van der Waals surface area (Å²) in [5.41, 5.74) is 4.96. The number of benzene rings is 3. The number of ether oxygens (including phenoxy) is 1. The molecule has 0 saturated carbocycles. The molecular formula is C32H34ClFN4O3. The number of halogens is 2. The molecule has 1 atom stereocenters. The standard InChI is InChI=1S/C32H34ClFN4O3/c1-36(18-23-6-8-24(33)17-27(23)34)29-5-3-2-4-26(29)21-10-13-37(14-11-21)20-31-35-28-9-7-22(32(39)40)16-30(28)38(31)19-25-12-15-41-25/h2-9,16-17,21,25H,10-15,18-20H2,1H3,(H,39,40)/t25-/m0/s1. The van der Waals surface area contributed by atoms with E-state index in [-0.39, 0.29) is 17.5 Å². The molecule has 0 aliphatic carbocycles. The van der Waals surface area contributed by atoms with Crippen LogP contribution in [0.15, 0.2) is 60.7 Å². The summed E-state index contributed by atoms with van der Waals surface area (Å²) in [5, 5.41) is 9.92. The topological polar surface area (TPSA) is 70.8 Å². The van der Waals surface area contributed by atoms with Gasteiger partial charge >= 0.3 is 5.97 Å². The van der Waals surface area contributed by atoms with E-state index in [4.69, 9.17) is 21.3 Å². The van der Waals surface area contributed by atoms with E-state index in [9.17, 15) is 14.3 Å². The van der Waals surface area contributed by atoms with Gasteiger partial charge in [-0.2, -0.15) is 0 Å². The Balaban J connectivity index is 1.16. The van der Waals surface area contributed by atoms with E-state index in [0.29, 0.717) is 36.1 Å². The van der Waals surface area contributed by atoms with Crippen LogP contribution in [0.2, 0.25) is 5.02 Å². The van der Waals surface area contributed by atoms with Gasteiger partial charge in [-0.25, -0.2) is 14.2 Å². The van der Waals surface area contributed by atoms with Gasteiger partial charge in [0.25, 0.3) is 0 Å². The molecule has 9 heteroatoms. The van der Waals surface area contributed by atoms with Gasteiger partial charge in [-0.15, -0.1) is 0 Å². The van der Waals surface area contributed by atoms with Crippen LogP contribution in [-0.4, -0.2) is 58.4 Å². The average Bonchev–Trinajstić information content (AvgIpc) is 3.28. The largest absolute Gasteiger partial charge is 0.478 e. The van der Waals surface area contributed by atoms with Crippen molar-refractivity contribution in [3.63, 3.8) is 0 Å². The number of carboxylic acid groups (broad SMARTS) is 1. The maximum absolute atomic E-state index is 14.5. The molecule has 2 aliphatic rings. The SMILES string of the molecule is CN(Cc1ccc(Cl)cc1F)c1ccccc1C1CCN(Cc2nc3ccc(C(=O)O)cc3n2C[C@@H]2CCO2)CC1. The van der Waals surface area contributed by atoms with Gasteiger partial charge in [0.05, 0.1) is 35.8 Å². The lowest BCUT2D eigenvalue weighted by atomic mass is 9.88. The Morgan fingerprint density at radius 3 is 2.61 bits per heavy atom. The summed E-state index contributed by atoms with van der Waals surface area (Å²) in [7, 11) is 2.01. The Kier molecular flexibility index (Phi) is 7.97. The maximum atomic E-state index is 14.5. The zero-order chi connectivity index (χ0) is 28.5. The number of likely N-dealkylation sites (tertiary alicyclic amines) is 1.